The molecule has 1 aromatic carbocycles. The summed E-state index contributed by atoms with van der Waals surface area (Å²) in [5.74, 6) is 0.683. The maximum Gasteiger partial charge on any atom is 0.303 e. The number of hydrogen-bond donors (Lipinski definition) is 1. The number of halogens is 1. The highest BCUT2D eigenvalue weighted by molar-refractivity contribution is 9.10. The van der Waals surface area contributed by atoms with Gasteiger partial charge in [-0.2, -0.15) is 0 Å². The normalized spacial score (nSPS) is 18.9. The minimum atomic E-state index is -0.708. The van der Waals surface area contributed by atoms with E-state index in [9.17, 15) is 4.79 Å². The Morgan fingerprint density at radius 1 is 1.60 bits per heavy atom. The van der Waals surface area contributed by atoms with Gasteiger partial charge >= 0.3 is 5.97 Å². The van der Waals surface area contributed by atoms with Crippen LogP contribution in [-0.4, -0.2) is 16.8 Å². The second-order valence-electron chi connectivity index (χ2n) is 3.59. The Morgan fingerprint density at radius 3 is 3.13 bits per heavy atom. The molecule has 0 saturated heterocycles. The maximum atomic E-state index is 10.5. The van der Waals surface area contributed by atoms with Crippen molar-refractivity contribution in [3.8, 4) is 0 Å². The van der Waals surface area contributed by atoms with E-state index >= 15 is 0 Å². The zero-order valence-corrected chi connectivity index (χ0v) is 10.5. The van der Waals surface area contributed by atoms with Crippen molar-refractivity contribution >= 4 is 33.7 Å². The van der Waals surface area contributed by atoms with Crippen LogP contribution >= 0.6 is 27.7 Å². The fourth-order valence-electron chi connectivity index (χ4n) is 1.84. The summed E-state index contributed by atoms with van der Waals surface area (Å²) in [4.78, 5) is 11.8. The van der Waals surface area contributed by atoms with Crippen molar-refractivity contribution in [1.82, 2.24) is 0 Å². The van der Waals surface area contributed by atoms with Crippen LogP contribution in [-0.2, 0) is 4.79 Å². The van der Waals surface area contributed by atoms with Crippen LogP contribution in [0.2, 0.25) is 0 Å². The van der Waals surface area contributed by atoms with Crippen LogP contribution in [0.4, 0.5) is 0 Å². The van der Waals surface area contributed by atoms with Crippen LogP contribution in [0.5, 0.6) is 0 Å². The predicted octanol–water partition coefficient (Wildman–Crippen LogP) is 3.50. The number of aliphatic carboxylic acids is 1. The fraction of sp³-hybridized carbons (Fsp3) is 0.364. The molecule has 0 aromatic heterocycles. The molecule has 1 N–H and O–H groups in total. The Balaban J connectivity index is 2.17. The summed E-state index contributed by atoms with van der Waals surface area (Å²) < 4.78 is 1.11. The summed E-state index contributed by atoms with van der Waals surface area (Å²) >= 11 is 5.35. The molecule has 2 nitrogen and oxygen atoms in total. The SMILES string of the molecule is O=C(O)CCC1CSc2cccc(Br)c21. The van der Waals surface area contributed by atoms with Crippen molar-refractivity contribution in [3.05, 3.63) is 28.2 Å². The van der Waals surface area contributed by atoms with Gasteiger partial charge in [0.15, 0.2) is 0 Å². The third-order valence-corrected chi connectivity index (χ3v) is 4.50. The molecule has 0 bridgehead atoms. The predicted molar refractivity (Wildman–Crippen MR) is 64.5 cm³/mol. The lowest BCUT2D eigenvalue weighted by atomic mass is 9.96. The van der Waals surface area contributed by atoms with E-state index in [0.29, 0.717) is 5.92 Å². The van der Waals surface area contributed by atoms with Gasteiger partial charge in [-0.15, -0.1) is 11.8 Å². The smallest absolute Gasteiger partial charge is 0.303 e. The van der Waals surface area contributed by atoms with E-state index in [2.05, 4.69) is 22.0 Å². The van der Waals surface area contributed by atoms with Crippen LogP contribution in [0.15, 0.2) is 27.6 Å². The third kappa shape index (κ3) is 2.37. The Bertz CT molecular complexity index is 392. The van der Waals surface area contributed by atoms with Crippen LogP contribution in [0.3, 0.4) is 0 Å². The highest BCUT2D eigenvalue weighted by Gasteiger charge is 2.25. The number of thioether (sulfide) groups is 1. The molecule has 2 rings (SSSR count). The topological polar surface area (TPSA) is 37.3 Å². The van der Waals surface area contributed by atoms with Gasteiger partial charge in [-0.25, -0.2) is 0 Å². The zero-order chi connectivity index (χ0) is 10.8. The number of hydrogen-bond acceptors (Lipinski definition) is 2. The number of carboxylic acids is 1. The fourth-order valence-corrected chi connectivity index (χ4v) is 3.98. The maximum absolute atomic E-state index is 10.5. The van der Waals surface area contributed by atoms with Gasteiger partial charge in [-0.05, 0) is 30.0 Å². The van der Waals surface area contributed by atoms with Crippen molar-refractivity contribution in [2.24, 2.45) is 0 Å². The minimum Gasteiger partial charge on any atom is -0.481 e. The summed E-state index contributed by atoms with van der Waals surface area (Å²) in [6, 6.07) is 6.15. The van der Waals surface area contributed by atoms with Gasteiger partial charge in [0.2, 0.25) is 0 Å². The van der Waals surface area contributed by atoms with E-state index in [1.807, 2.05) is 23.9 Å². The number of fused-ring (bicyclic) bond motifs is 1. The highest BCUT2D eigenvalue weighted by atomic mass is 79.9. The second kappa shape index (κ2) is 4.58. The lowest BCUT2D eigenvalue weighted by Gasteiger charge is -2.10. The van der Waals surface area contributed by atoms with Crippen LogP contribution in [0, 0.1) is 0 Å². The average Bonchev–Trinajstić information content (AvgIpc) is 2.59. The molecule has 0 radical (unpaired) electrons. The monoisotopic (exact) mass is 286 g/mol. The van der Waals surface area contributed by atoms with E-state index in [4.69, 9.17) is 5.11 Å². The molecule has 80 valence electrons. The quantitative estimate of drug-likeness (QED) is 0.924. The standard InChI is InChI=1S/C11H11BrO2S/c12-8-2-1-3-9-11(8)7(6-15-9)4-5-10(13)14/h1-3,7H,4-6H2,(H,13,14). The Morgan fingerprint density at radius 2 is 2.40 bits per heavy atom. The molecule has 1 atom stereocenters. The van der Waals surface area contributed by atoms with E-state index in [-0.39, 0.29) is 6.42 Å². The minimum absolute atomic E-state index is 0.256. The summed E-state index contributed by atoms with van der Waals surface area (Å²) in [5.41, 5.74) is 1.30. The Kier molecular flexibility index (Phi) is 3.36. The van der Waals surface area contributed by atoms with E-state index < -0.39 is 5.97 Å². The molecule has 1 aromatic rings. The molecule has 0 fully saturated rings. The highest BCUT2D eigenvalue weighted by Crippen LogP contribution is 2.45. The summed E-state index contributed by atoms with van der Waals surface area (Å²) in [6.45, 7) is 0. The van der Waals surface area contributed by atoms with Crippen molar-refractivity contribution in [1.29, 1.82) is 0 Å². The molecular weight excluding hydrogens is 276 g/mol. The van der Waals surface area contributed by atoms with E-state index in [1.165, 1.54) is 10.5 Å². The molecule has 15 heavy (non-hydrogen) atoms. The first-order valence-electron chi connectivity index (χ1n) is 4.81. The largest absolute Gasteiger partial charge is 0.481 e. The summed E-state index contributed by atoms with van der Waals surface area (Å²) in [5, 5.41) is 8.67. The first kappa shape index (κ1) is 11.0. The molecule has 0 amide bonds. The number of carboxylic acid groups (broad SMARTS) is 1. The summed E-state index contributed by atoms with van der Waals surface area (Å²) in [7, 11) is 0. The van der Waals surface area contributed by atoms with Crippen molar-refractivity contribution in [3.63, 3.8) is 0 Å². The summed E-state index contributed by atoms with van der Waals surface area (Å²) in [6.07, 6.45) is 0.990. The van der Waals surface area contributed by atoms with Gasteiger partial charge in [-0.1, -0.05) is 22.0 Å². The zero-order valence-electron chi connectivity index (χ0n) is 8.07. The molecule has 0 saturated carbocycles. The Hall–Kier alpha value is -0.480. The number of carbonyl (C=O) groups is 1. The molecule has 1 aliphatic heterocycles. The van der Waals surface area contributed by atoms with E-state index in [1.54, 1.807) is 0 Å². The van der Waals surface area contributed by atoms with E-state index in [0.717, 1.165) is 16.6 Å². The van der Waals surface area contributed by atoms with Gasteiger partial charge in [0.25, 0.3) is 0 Å². The Labute approximate surface area is 101 Å². The third-order valence-electron chi connectivity index (χ3n) is 2.57. The molecule has 1 heterocycles. The molecule has 1 unspecified atom stereocenters. The van der Waals surface area contributed by atoms with Crippen LogP contribution in [0.25, 0.3) is 0 Å². The van der Waals surface area contributed by atoms with Crippen LogP contribution < -0.4 is 0 Å². The molecule has 0 spiro atoms. The van der Waals surface area contributed by atoms with Gasteiger partial charge in [-0.3, -0.25) is 4.79 Å². The average molecular weight is 287 g/mol. The van der Waals surface area contributed by atoms with Crippen LogP contribution in [0.1, 0.15) is 24.3 Å². The molecular formula is C11H11BrO2S. The lowest BCUT2D eigenvalue weighted by Crippen LogP contribution is -2.02. The molecule has 1 aliphatic rings. The first-order chi connectivity index (χ1) is 7.18. The molecule has 0 aliphatic carbocycles. The van der Waals surface area contributed by atoms with Gasteiger partial charge in [0.1, 0.15) is 0 Å². The van der Waals surface area contributed by atoms with Gasteiger partial charge in [0, 0.05) is 21.5 Å². The van der Waals surface area contributed by atoms with Gasteiger partial charge in [0.05, 0.1) is 0 Å². The number of benzene rings is 1. The lowest BCUT2D eigenvalue weighted by molar-refractivity contribution is -0.137. The van der Waals surface area contributed by atoms with Crippen molar-refractivity contribution in [2.45, 2.75) is 23.7 Å². The molecule has 4 heteroatoms. The van der Waals surface area contributed by atoms with Crippen molar-refractivity contribution in [2.75, 3.05) is 5.75 Å². The second-order valence-corrected chi connectivity index (χ2v) is 5.51. The number of rotatable bonds is 3. The van der Waals surface area contributed by atoms with Gasteiger partial charge < -0.3 is 5.11 Å². The van der Waals surface area contributed by atoms with Crippen molar-refractivity contribution < 1.29 is 9.90 Å². The first-order valence-corrected chi connectivity index (χ1v) is 6.59.